The van der Waals surface area contributed by atoms with Gasteiger partial charge >= 0.3 is 0 Å². The van der Waals surface area contributed by atoms with Crippen molar-refractivity contribution in [1.29, 1.82) is 0 Å². The number of thiophene rings is 1. The molecule has 3 rings (SSSR count). The molecule has 110 valence electrons. The van der Waals surface area contributed by atoms with E-state index in [-0.39, 0.29) is 17.7 Å². The summed E-state index contributed by atoms with van der Waals surface area (Å²) in [7, 11) is 0. The number of likely N-dealkylation sites (tertiary alicyclic amines) is 1. The zero-order valence-corrected chi connectivity index (χ0v) is 12.3. The third-order valence-corrected chi connectivity index (χ3v) is 5.06. The number of fused-ring (bicyclic) bond motifs is 1. The summed E-state index contributed by atoms with van der Waals surface area (Å²) in [5, 5.41) is 12.9. The van der Waals surface area contributed by atoms with E-state index in [2.05, 4.69) is 5.16 Å². The van der Waals surface area contributed by atoms with Crippen LogP contribution in [0.3, 0.4) is 0 Å². The molecule has 0 unspecified atom stereocenters. The lowest BCUT2D eigenvalue weighted by atomic mass is 9.96. The average Bonchev–Trinajstić information content (AvgIpc) is 2.97. The van der Waals surface area contributed by atoms with E-state index in [4.69, 9.17) is 10.9 Å². The molecule has 21 heavy (non-hydrogen) atoms. The minimum atomic E-state index is 0.0708. The van der Waals surface area contributed by atoms with Crippen LogP contribution in [0.2, 0.25) is 0 Å². The molecular weight excluding hydrogens is 286 g/mol. The molecule has 1 aromatic heterocycles. The van der Waals surface area contributed by atoms with E-state index in [1.165, 1.54) is 11.3 Å². The summed E-state index contributed by atoms with van der Waals surface area (Å²) >= 11 is 1.53. The monoisotopic (exact) mass is 303 g/mol. The SMILES string of the molecule is NC(=NO)C1CCN(C(=O)c2cc3ccccc3s2)CC1. The Morgan fingerprint density at radius 3 is 2.71 bits per heavy atom. The second-order valence-electron chi connectivity index (χ2n) is 5.24. The highest BCUT2D eigenvalue weighted by Gasteiger charge is 2.26. The summed E-state index contributed by atoms with van der Waals surface area (Å²) in [5.41, 5.74) is 5.63. The molecule has 0 atom stereocenters. The minimum Gasteiger partial charge on any atom is -0.409 e. The molecule has 0 aliphatic carbocycles. The number of hydrogen-bond acceptors (Lipinski definition) is 4. The molecule has 0 spiro atoms. The van der Waals surface area contributed by atoms with E-state index in [9.17, 15) is 4.79 Å². The molecule has 1 aliphatic heterocycles. The second-order valence-corrected chi connectivity index (χ2v) is 6.32. The van der Waals surface area contributed by atoms with Crippen LogP contribution in [0.25, 0.3) is 10.1 Å². The van der Waals surface area contributed by atoms with Gasteiger partial charge in [-0.05, 0) is 30.4 Å². The fraction of sp³-hybridized carbons (Fsp3) is 0.333. The standard InChI is InChI=1S/C15H17N3O2S/c16-14(17-20)10-5-7-18(8-6-10)15(19)13-9-11-3-1-2-4-12(11)21-13/h1-4,9-10,20H,5-8H2,(H2,16,17). The van der Waals surface area contributed by atoms with Crippen LogP contribution in [0.1, 0.15) is 22.5 Å². The Morgan fingerprint density at radius 1 is 1.33 bits per heavy atom. The zero-order valence-electron chi connectivity index (χ0n) is 11.5. The third-order valence-electron chi connectivity index (χ3n) is 3.95. The number of nitrogens with two attached hydrogens (primary N) is 1. The average molecular weight is 303 g/mol. The van der Waals surface area contributed by atoms with Gasteiger partial charge in [-0.1, -0.05) is 23.4 Å². The van der Waals surface area contributed by atoms with Gasteiger partial charge < -0.3 is 15.8 Å². The van der Waals surface area contributed by atoms with Crippen molar-refractivity contribution in [3.63, 3.8) is 0 Å². The molecule has 0 radical (unpaired) electrons. The van der Waals surface area contributed by atoms with Crippen LogP contribution in [0.5, 0.6) is 0 Å². The molecule has 1 aromatic carbocycles. The summed E-state index contributed by atoms with van der Waals surface area (Å²) in [6.07, 6.45) is 1.49. The Labute approximate surface area is 126 Å². The second kappa shape index (κ2) is 5.73. The predicted octanol–water partition coefficient (Wildman–Crippen LogP) is 2.50. The number of amides is 1. The Balaban J connectivity index is 1.72. The Hall–Kier alpha value is -2.08. The topological polar surface area (TPSA) is 78.9 Å². The third kappa shape index (κ3) is 2.71. The van der Waals surface area contributed by atoms with Crippen LogP contribution in [0, 0.1) is 5.92 Å². The van der Waals surface area contributed by atoms with Crippen LogP contribution < -0.4 is 5.73 Å². The van der Waals surface area contributed by atoms with Gasteiger partial charge in [0.15, 0.2) is 0 Å². The summed E-state index contributed by atoms with van der Waals surface area (Å²) in [6.45, 7) is 1.29. The number of piperidine rings is 1. The fourth-order valence-electron chi connectivity index (χ4n) is 2.70. The number of carbonyl (C=O) groups excluding carboxylic acids is 1. The van der Waals surface area contributed by atoms with E-state index >= 15 is 0 Å². The fourth-order valence-corrected chi connectivity index (χ4v) is 3.73. The van der Waals surface area contributed by atoms with Crippen molar-refractivity contribution >= 4 is 33.2 Å². The molecule has 6 heteroatoms. The van der Waals surface area contributed by atoms with Crippen LogP contribution in [0.4, 0.5) is 0 Å². The van der Waals surface area contributed by atoms with Crippen molar-refractivity contribution in [3.8, 4) is 0 Å². The maximum Gasteiger partial charge on any atom is 0.263 e. The molecule has 1 saturated heterocycles. The highest BCUT2D eigenvalue weighted by molar-refractivity contribution is 7.20. The number of carbonyl (C=O) groups is 1. The van der Waals surface area contributed by atoms with Crippen LogP contribution >= 0.6 is 11.3 Å². The van der Waals surface area contributed by atoms with Crippen molar-refractivity contribution in [2.45, 2.75) is 12.8 Å². The van der Waals surface area contributed by atoms with Crippen molar-refractivity contribution < 1.29 is 10.0 Å². The number of benzene rings is 1. The summed E-state index contributed by atoms with van der Waals surface area (Å²) in [5.74, 6) is 0.416. The largest absolute Gasteiger partial charge is 0.409 e. The number of amidine groups is 1. The Bertz CT molecular complexity index is 654. The van der Waals surface area contributed by atoms with Crippen molar-refractivity contribution in [3.05, 3.63) is 35.2 Å². The maximum absolute atomic E-state index is 12.5. The molecule has 3 N–H and O–H groups in total. The van der Waals surface area contributed by atoms with Gasteiger partial charge in [0.05, 0.1) is 4.88 Å². The highest BCUT2D eigenvalue weighted by atomic mass is 32.1. The first-order chi connectivity index (χ1) is 10.2. The van der Waals surface area contributed by atoms with E-state index in [0.29, 0.717) is 13.1 Å². The number of oxime groups is 1. The molecule has 1 amide bonds. The van der Waals surface area contributed by atoms with Gasteiger partial charge in [0, 0.05) is 23.7 Å². The van der Waals surface area contributed by atoms with Crippen molar-refractivity contribution in [1.82, 2.24) is 4.90 Å². The van der Waals surface area contributed by atoms with E-state index < -0.39 is 0 Å². The molecular formula is C15H17N3O2S. The summed E-state index contributed by atoms with van der Waals surface area (Å²) in [6, 6.07) is 9.97. The van der Waals surface area contributed by atoms with E-state index in [1.807, 2.05) is 35.2 Å². The smallest absolute Gasteiger partial charge is 0.263 e. The quantitative estimate of drug-likeness (QED) is 0.387. The first kappa shape index (κ1) is 13.9. The van der Waals surface area contributed by atoms with Gasteiger partial charge in [0.1, 0.15) is 5.84 Å². The van der Waals surface area contributed by atoms with Crippen LogP contribution in [-0.4, -0.2) is 34.9 Å². The van der Waals surface area contributed by atoms with Gasteiger partial charge in [0.25, 0.3) is 5.91 Å². The number of hydrogen-bond donors (Lipinski definition) is 2. The molecule has 0 saturated carbocycles. The Morgan fingerprint density at radius 2 is 2.05 bits per heavy atom. The lowest BCUT2D eigenvalue weighted by Crippen LogP contribution is -2.41. The molecule has 1 aliphatic rings. The predicted molar refractivity (Wildman–Crippen MR) is 83.9 cm³/mol. The summed E-state index contributed by atoms with van der Waals surface area (Å²) < 4.78 is 1.13. The van der Waals surface area contributed by atoms with E-state index in [0.717, 1.165) is 27.8 Å². The normalized spacial score (nSPS) is 17.3. The molecule has 2 heterocycles. The zero-order chi connectivity index (χ0) is 14.8. The number of nitrogens with zero attached hydrogens (tertiary/aromatic N) is 2. The van der Waals surface area contributed by atoms with Gasteiger partial charge in [-0.15, -0.1) is 11.3 Å². The van der Waals surface area contributed by atoms with E-state index in [1.54, 1.807) is 0 Å². The van der Waals surface area contributed by atoms with Gasteiger partial charge in [0.2, 0.25) is 0 Å². The molecule has 1 fully saturated rings. The molecule has 0 bridgehead atoms. The first-order valence-corrected chi connectivity index (χ1v) is 7.76. The Kier molecular flexibility index (Phi) is 3.79. The maximum atomic E-state index is 12.5. The minimum absolute atomic E-state index is 0.0708. The van der Waals surface area contributed by atoms with Gasteiger partial charge in [-0.2, -0.15) is 0 Å². The number of rotatable bonds is 2. The summed E-state index contributed by atoms with van der Waals surface area (Å²) in [4.78, 5) is 15.2. The molecule has 2 aromatic rings. The van der Waals surface area contributed by atoms with Crippen molar-refractivity contribution in [2.75, 3.05) is 13.1 Å². The van der Waals surface area contributed by atoms with Gasteiger partial charge in [-0.25, -0.2) is 0 Å². The first-order valence-electron chi connectivity index (χ1n) is 6.94. The highest BCUT2D eigenvalue weighted by Crippen LogP contribution is 2.27. The van der Waals surface area contributed by atoms with Crippen LogP contribution in [-0.2, 0) is 0 Å². The van der Waals surface area contributed by atoms with Crippen LogP contribution in [0.15, 0.2) is 35.5 Å². The molecule has 5 nitrogen and oxygen atoms in total. The lowest BCUT2D eigenvalue weighted by molar-refractivity contribution is 0.0714. The van der Waals surface area contributed by atoms with Crippen molar-refractivity contribution in [2.24, 2.45) is 16.8 Å². The van der Waals surface area contributed by atoms with Gasteiger partial charge in [-0.3, -0.25) is 4.79 Å². The lowest BCUT2D eigenvalue weighted by Gasteiger charge is -2.31.